The van der Waals surface area contributed by atoms with Crippen LogP contribution in [0.1, 0.15) is 31.2 Å². The number of benzene rings is 1. The smallest absolute Gasteiger partial charge is 0.321 e. The maximum Gasteiger partial charge on any atom is 0.321 e. The average Bonchev–Trinajstić information content (AvgIpc) is 2.55. The Hall–Kier alpha value is -2.08. The first-order chi connectivity index (χ1) is 10.5. The Morgan fingerprint density at radius 3 is 2.36 bits per heavy atom. The molecule has 1 unspecified atom stereocenters. The Bertz CT molecular complexity index is 522. The minimum atomic E-state index is -0.476. The number of hydrogen-bond donors (Lipinski definition) is 3. The first-order valence-electron chi connectivity index (χ1n) is 7.57. The summed E-state index contributed by atoms with van der Waals surface area (Å²) in [5.41, 5.74) is 1.22. The molecular formula is C16H23N3O3. The predicted octanol–water partition coefficient (Wildman–Crippen LogP) is 1.42. The van der Waals surface area contributed by atoms with Crippen molar-refractivity contribution in [3.8, 4) is 5.75 Å². The zero-order valence-electron chi connectivity index (χ0n) is 13.0. The molecule has 2 rings (SSSR count). The standard InChI is InChI=1S/C16H23N3O3/c1-11(15(21)18-16(22)17-2)19-9-7-13(8-10-19)12-3-5-14(20)6-4-12/h3-6,11,13,20H,7-10H2,1-2H3,(H2,17,18,21,22). The summed E-state index contributed by atoms with van der Waals surface area (Å²) in [5, 5.41) is 14.0. The number of nitrogens with zero attached hydrogens (tertiary/aromatic N) is 1. The summed E-state index contributed by atoms with van der Waals surface area (Å²) in [4.78, 5) is 25.2. The fourth-order valence-electron chi connectivity index (χ4n) is 2.81. The maximum absolute atomic E-state index is 12.0. The molecule has 1 heterocycles. The minimum absolute atomic E-state index is 0.276. The van der Waals surface area contributed by atoms with Crippen LogP contribution in [0.25, 0.3) is 0 Å². The van der Waals surface area contributed by atoms with Gasteiger partial charge in [-0.25, -0.2) is 4.79 Å². The van der Waals surface area contributed by atoms with Crippen molar-refractivity contribution in [1.29, 1.82) is 0 Å². The van der Waals surface area contributed by atoms with Gasteiger partial charge in [0.1, 0.15) is 5.75 Å². The van der Waals surface area contributed by atoms with E-state index < -0.39 is 6.03 Å². The molecule has 1 aliphatic rings. The molecular weight excluding hydrogens is 282 g/mol. The van der Waals surface area contributed by atoms with E-state index in [0.29, 0.717) is 5.92 Å². The number of hydrogen-bond acceptors (Lipinski definition) is 4. The zero-order chi connectivity index (χ0) is 16.1. The van der Waals surface area contributed by atoms with Crippen LogP contribution in [-0.4, -0.2) is 48.1 Å². The molecule has 120 valence electrons. The molecule has 1 aromatic rings. The Balaban J connectivity index is 1.87. The van der Waals surface area contributed by atoms with Crippen molar-refractivity contribution in [2.75, 3.05) is 20.1 Å². The molecule has 1 aliphatic heterocycles. The van der Waals surface area contributed by atoms with Crippen LogP contribution in [0.15, 0.2) is 24.3 Å². The molecule has 0 bridgehead atoms. The van der Waals surface area contributed by atoms with Crippen molar-refractivity contribution in [3.63, 3.8) is 0 Å². The number of phenols is 1. The van der Waals surface area contributed by atoms with E-state index in [2.05, 4.69) is 15.5 Å². The summed E-state index contributed by atoms with van der Waals surface area (Å²) in [5.74, 6) is 0.453. The second-order valence-corrected chi connectivity index (χ2v) is 5.65. The first kappa shape index (κ1) is 16.3. The van der Waals surface area contributed by atoms with Gasteiger partial charge in [-0.2, -0.15) is 0 Å². The molecule has 6 heteroatoms. The number of rotatable bonds is 3. The second kappa shape index (κ2) is 7.26. The molecule has 0 aliphatic carbocycles. The van der Waals surface area contributed by atoms with E-state index in [4.69, 9.17) is 0 Å². The molecule has 1 fully saturated rings. The van der Waals surface area contributed by atoms with E-state index in [1.54, 1.807) is 12.1 Å². The lowest BCUT2D eigenvalue weighted by Crippen LogP contribution is -2.50. The Labute approximate surface area is 130 Å². The lowest BCUT2D eigenvalue weighted by molar-refractivity contribution is -0.125. The van der Waals surface area contributed by atoms with Gasteiger partial charge in [0.15, 0.2) is 0 Å². The van der Waals surface area contributed by atoms with E-state index in [0.717, 1.165) is 25.9 Å². The van der Waals surface area contributed by atoms with Crippen LogP contribution in [0.3, 0.4) is 0 Å². The van der Waals surface area contributed by atoms with E-state index in [1.165, 1.54) is 12.6 Å². The highest BCUT2D eigenvalue weighted by Gasteiger charge is 2.27. The van der Waals surface area contributed by atoms with Crippen molar-refractivity contribution < 1.29 is 14.7 Å². The summed E-state index contributed by atoms with van der Waals surface area (Å²) >= 11 is 0. The van der Waals surface area contributed by atoms with Gasteiger partial charge in [-0.05, 0) is 56.5 Å². The van der Waals surface area contributed by atoms with Gasteiger partial charge in [0.05, 0.1) is 6.04 Å². The summed E-state index contributed by atoms with van der Waals surface area (Å²) in [6.07, 6.45) is 1.92. The number of likely N-dealkylation sites (tertiary alicyclic amines) is 1. The summed E-state index contributed by atoms with van der Waals surface area (Å²) in [7, 11) is 1.48. The molecule has 3 N–H and O–H groups in total. The van der Waals surface area contributed by atoms with Crippen molar-refractivity contribution in [2.45, 2.75) is 31.7 Å². The SMILES string of the molecule is CNC(=O)NC(=O)C(C)N1CCC(c2ccc(O)cc2)CC1. The van der Waals surface area contributed by atoms with Gasteiger partial charge in [-0.1, -0.05) is 12.1 Å². The average molecular weight is 305 g/mol. The lowest BCUT2D eigenvalue weighted by Gasteiger charge is -2.35. The topological polar surface area (TPSA) is 81.7 Å². The number of urea groups is 1. The minimum Gasteiger partial charge on any atom is -0.508 e. The van der Waals surface area contributed by atoms with Crippen molar-refractivity contribution in [1.82, 2.24) is 15.5 Å². The molecule has 0 saturated carbocycles. The van der Waals surface area contributed by atoms with Gasteiger partial charge in [-0.3, -0.25) is 15.0 Å². The maximum atomic E-state index is 12.0. The fourth-order valence-corrected chi connectivity index (χ4v) is 2.81. The number of phenolic OH excluding ortho intramolecular Hbond substituents is 1. The molecule has 3 amide bonds. The van der Waals surface area contributed by atoms with Gasteiger partial charge in [0.2, 0.25) is 5.91 Å². The highest BCUT2D eigenvalue weighted by molar-refractivity contribution is 5.96. The van der Waals surface area contributed by atoms with Crippen LogP contribution in [-0.2, 0) is 4.79 Å². The van der Waals surface area contributed by atoms with Crippen LogP contribution in [0.2, 0.25) is 0 Å². The number of amides is 3. The second-order valence-electron chi connectivity index (χ2n) is 5.65. The zero-order valence-corrected chi connectivity index (χ0v) is 13.0. The molecule has 6 nitrogen and oxygen atoms in total. The number of carbonyl (C=O) groups is 2. The molecule has 1 aromatic carbocycles. The summed E-state index contributed by atoms with van der Waals surface area (Å²) in [6.45, 7) is 3.45. The Morgan fingerprint density at radius 2 is 1.82 bits per heavy atom. The van der Waals surface area contributed by atoms with Crippen LogP contribution < -0.4 is 10.6 Å². The van der Waals surface area contributed by atoms with Gasteiger partial charge < -0.3 is 10.4 Å². The molecule has 0 aromatic heterocycles. The van der Waals surface area contributed by atoms with Gasteiger partial charge >= 0.3 is 6.03 Å². The molecule has 1 saturated heterocycles. The van der Waals surface area contributed by atoms with E-state index in [1.807, 2.05) is 19.1 Å². The molecule has 22 heavy (non-hydrogen) atoms. The van der Waals surface area contributed by atoms with Gasteiger partial charge in [0, 0.05) is 7.05 Å². The van der Waals surface area contributed by atoms with E-state index in [9.17, 15) is 14.7 Å². The van der Waals surface area contributed by atoms with Crippen molar-refractivity contribution >= 4 is 11.9 Å². The number of piperidine rings is 1. The molecule has 0 spiro atoms. The number of aromatic hydroxyl groups is 1. The van der Waals surface area contributed by atoms with E-state index >= 15 is 0 Å². The van der Waals surface area contributed by atoms with Gasteiger partial charge in [0.25, 0.3) is 0 Å². The van der Waals surface area contributed by atoms with Crippen LogP contribution >= 0.6 is 0 Å². The van der Waals surface area contributed by atoms with Crippen LogP contribution in [0.4, 0.5) is 4.79 Å². The van der Waals surface area contributed by atoms with Crippen LogP contribution in [0.5, 0.6) is 5.75 Å². The quantitative estimate of drug-likeness (QED) is 0.789. The number of nitrogens with one attached hydrogen (secondary N) is 2. The highest BCUT2D eigenvalue weighted by atomic mass is 16.3. The fraction of sp³-hybridized carbons (Fsp3) is 0.500. The largest absolute Gasteiger partial charge is 0.508 e. The third kappa shape index (κ3) is 3.98. The monoisotopic (exact) mass is 305 g/mol. The summed E-state index contributed by atoms with van der Waals surface area (Å²) < 4.78 is 0. The third-order valence-electron chi connectivity index (χ3n) is 4.29. The molecule has 1 atom stereocenters. The Morgan fingerprint density at radius 1 is 1.23 bits per heavy atom. The van der Waals surface area contributed by atoms with Crippen LogP contribution in [0, 0.1) is 0 Å². The number of carbonyl (C=O) groups excluding carboxylic acids is 2. The molecule has 0 radical (unpaired) electrons. The van der Waals surface area contributed by atoms with E-state index in [-0.39, 0.29) is 17.7 Å². The Kier molecular flexibility index (Phi) is 5.38. The first-order valence-corrected chi connectivity index (χ1v) is 7.57. The van der Waals surface area contributed by atoms with Gasteiger partial charge in [-0.15, -0.1) is 0 Å². The summed E-state index contributed by atoms with van der Waals surface area (Å²) in [6, 6.07) is 6.53. The van der Waals surface area contributed by atoms with Crippen molar-refractivity contribution in [2.24, 2.45) is 0 Å². The third-order valence-corrected chi connectivity index (χ3v) is 4.29. The number of imide groups is 1. The lowest BCUT2D eigenvalue weighted by atomic mass is 9.89. The highest BCUT2D eigenvalue weighted by Crippen LogP contribution is 2.29. The normalized spacial score (nSPS) is 17.7. The van der Waals surface area contributed by atoms with Crippen molar-refractivity contribution in [3.05, 3.63) is 29.8 Å². The predicted molar refractivity (Wildman–Crippen MR) is 83.7 cm³/mol.